The quantitative estimate of drug-likeness (QED) is 0.483. The summed E-state index contributed by atoms with van der Waals surface area (Å²) in [4.78, 5) is 12.0. The molecule has 1 aromatic carbocycles. The van der Waals surface area contributed by atoms with E-state index in [0.29, 0.717) is 6.61 Å². The van der Waals surface area contributed by atoms with E-state index in [-0.39, 0.29) is 5.97 Å². The van der Waals surface area contributed by atoms with Gasteiger partial charge in [-0.05, 0) is 37.1 Å². The minimum absolute atomic E-state index is 0.318. The van der Waals surface area contributed by atoms with Crippen molar-refractivity contribution in [2.24, 2.45) is 0 Å². The Morgan fingerprint density at radius 2 is 2.27 bits per heavy atom. The second kappa shape index (κ2) is 5.61. The van der Waals surface area contributed by atoms with Crippen molar-refractivity contribution >= 4 is 24.7 Å². The Balaban J connectivity index is 2.81. The Morgan fingerprint density at radius 1 is 1.53 bits per heavy atom. The van der Waals surface area contributed by atoms with Crippen LogP contribution in [0.2, 0.25) is 0 Å². The van der Waals surface area contributed by atoms with Crippen LogP contribution in [0.1, 0.15) is 18.1 Å². The summed E-state index contributed by atoms with van der Waals surface area (Å²) >= 11 is 4.30. The molecule has 3 heteroatoms. The molecule has 1 rings (SSSR count). The van der Waals surface area contributed by atoms with Crippen molar-refractivity contribution in [1.29, 1.82) is 0 Å². The summed E-state index contributed by atoms with van der Waals surface area (Å²) in [6, 6.07) is 5.76. The topological polar surface area (TPSA) is 26.3 Å². The third kappa shape index (κ3) is 3.44. The molecule has 0 fully saturated rings. The van der Waals surface area contributed by atoms with Crippen LogP contribution in [0.25, 0.3) is 6.08 Å². The van der Waals surface area contributed by atoms with E-state index in [1.807, 2.05) is 25.1 Å². The smallest absolute Gasteiger partial charge is 0.330 e. The van der Waals surface area contributed by atoms with Gasteiger partial charge in [0.05, 0.1) is 6.61 Å². The van der Waals surface area contributed by atoms with Crippen molar-refractivity contribution in [3.05, 3.63) is 35.4 Å². The molecule has 0 N–H and O–H groups in total. The summed E-state index contributed by atoms with van der Waals surface area (Å²) in [7, 11) is 0. The van der Waals surface area contributed by atoms with Gasteiger partial charge in [0, 0.05) is 11.0 Å². The number of hydrogen-bond donors (Lipinski definition) is 1. The van der Waals surface area contributed by atoms with E-state index in [1.54, 1.807) is 13.0 Å². The van der Waals surface area contributed by atoms with Crippen LogP contribution in [0.5, 0.6) is 0 Å². The monoisotopic (exact) mass is 222 g/mol. The van der Waals surface area contributed by atoms with Crippen LogP contribution in [0.15, 0.2) is 29.2 Å². The van der Waals surface area contributed by atoms with Crippen LogP contribution < -0.4 is 0 Å². The lowest BCUT2D eigenvalue weighted by Crippen LogP contribution is -1.98. The fraction of sp³-hybridized carbons (Fsp3) is 0.250. The summed E-state index contributed by atoms with van der Waals surface area (Å²) in [6.45, 7) is 4.15. The van der Waals surface area contributed by atoms with Crippen molar-refractivity contribution in [3.8, 4) is 0 Å². The van der Waals surface area contributed by atoms with Crippen molar-refractivity contribution in [2.75, 3.05) is 6.61 Å². The number of hydrogen-bond acceptors (Lipinski definition) is 3. The molecule has 0 spiro atoms. The van der Waals surface area contributed by atoms with Gasteiger partial charge in [0.15, 0.2) is 0 Å². The molecule has 0 saturated heterocycles. The fourth-order valence-electron chi connectivity index (χ4n) is 1.17. The second-order valence-corrected chi connectivity index (χ2v) is 3.56. The van der Waals surface area contributed by atoms with Crippen molar-refractivity contribution in [1.82, 2.24) is 0 Å². The Hall–Kier alpha value is -1.22. The Labute approximate surface area is 95.4 Å². The molecule has 15 heavy (non-hydrogen) atoms. The summed E-state index contributed by atoms with van der Waals surface area (Å²) < 4.78 is 4.79. The van der Waals surface area contributed by atoms with E-state index in [0.717, 1.165) is 16.0 Å². The number of carbonyl (C=O) groups excluding carboxylic acids is 1. The SMILES string of the molecule is CCOC(=O)/C=C/c1cccc(S)c1C. The molecule has 0 amide bonds. The van der Waals surface area contributed by atoms with Crippen LogP contribution in [0.3, 0.4) is 0 Å². The van der Waals surface area contributed by atoms with Crippen LogP contribution in [-0.2, 0) is 9.53 Å². The number of thiol groups is 1. The molecule has 0 aromatic heterocycles. The molecule has 0 unspecified atom stereocenters. The molecule has 0 atom stereocenters. The minimum atomic E-state index is -0.318. The highest BCUT2D eigenvalue weighted by Gasteiger charge is 1.99. The van der Waals surface area contributed by atoms with Gasteiger partial charge in [0.2, 0.25) is 0 Å². The van der Waals surface area contributed by atoms with Gasteiger partial charge < -0.3 is 4.74 Å². The number of ether oxygens (including phenoxy) is 1. The molecule has 0 saturated carbocycles. The maximum absolute atomic E-state index is 11.1. The van der Waals surface area contributed by atoms with Crippen LogP contribution in [0.4, 0.5) is 0 Å². The Kier molecular flexibility index (Phi) is 4.43. The molecule has 0 bridgehead atoms. The first-order chi connectivity index (χ1) is 7.15. The normalized spacial score (nSPS) is 10.6. The summed E-state index contributed by atoms with van der Waals surface area (Å²) in [5, 5.41) is 0. The van der Waals surface area contributed by atoms with Gasteiger partial charge in [0.25, 0.3) is 0 Å². The van der Waals surface area contributed by atoms with Gasteiger partial charge in [-0.25, -0.2) is 4.79 Å². The molecule has 0 radical (unpaired) electrons. The third-order valence-electron chi connectivity index (χ3n) is 2.03. The molecule has 80 valence electrons. The summed E-state index contributed by atoms with van der Waals surface area (Å²) in [5.41, 5.74) is 2.04. The number of esters is 1. The predicted molar refractivity (Wildman–Crippen MR) is 64.1 cm³/mol. The van der Waals surface area contributed by atoms with Crippen LogP contribution >= 0.6 is 12.6 Å². The van der Waals surface area contributed by atoms with Crippen molar-refractivity contribution in [3.63, 3.8) is 0 Å². The molecular weight excluding hydrogens is 208 g/mol. The lowest BCUT2D eigenvalue weighted by molar-refractivity contribution is -0.137. The first-order valence-electron chi connectivity index (χ1n) is 4.78. The van der Waals surface area contributed by atoms with Crippen LogP contribution in [-0.4, -0.2) is 12.6 Å². The van der Waals surface area contributed by atoms with Crippen LogP contribution in [0, 0.1) is 6.92 Å². The minimum Gasteiger partial charge on any atom is -0.463 e. The number of rotatable bonds is 3. The van der Waals surface area contributed by atoms with Gasteiger partial charge in [-0.2, -0.15) is 0 Å². The highest BCUT2D eigenvalue weighted by molar-refractivity contribution is 7.80. The molecule has 1 aromatic rings. The van der Waals surface area contributed by atoms with E-state index in [1.165, 1.54) is 6.08 Å². The highest BCUT2D eigenvalue weighted by Crippen LogP contribution is 2.18. The van der Waals surface area contributed by atoms with Crippen molar-refractivity contribution in [2.45, 2.75) is 18.7 Å². The maximum Gasteiger partial charge on any atom is 0.330 e. The van der Waals surface area contributed by atoms with E-state index >= 15 is 0 Å². The molecule has 0 heterocycles. The molecule has 0 aliphatic heterocycles. The molecule has 2 nitrogen and oxygen atoms in total. The molecule has 0 aliphatic rings. The highest BCUT2D eigenvalue weighted by atomic mass is 32.1. The summed E-state index contributed by atoms with van der Waals surface area (Å²) in [5.74, 6) is -0.318. The average Bonchev–Trinajstić information content (AvgIpc) is 2.21. The zero-order chi connectivity index (χ0) is 11.3. The predicted octanol–water partition coefficient (Wildman–Crippen LogP) is 2.86. The largest absolute Gasteiger partial charge is 0.463 e. The zero-order valence-corrected chi connectivity index (χ0v) is 9.75. The summed E-state index contributed by atoms with van der Waals surface area (Å²) in [6.07, 6.45) is 3.17. The van der Waals surface area contributed by atoms with Gasteiger partial charge in [-0.3, -0.25) is 0 Å². The lowest BCUT2D eigenvalue weighted by atomic mass is 10.1. The Morgan fingerprint density at radius 3 is 2.93 bits per heavy atom. The lowest BCUT2D eigenvalue weighted by Gasteiger charge is -2.02. The average molecular weight is 222 g/mol. The van der Waals surface area contributed by atoms with E-state index < -0.39 is 0 Å². The van der Waals surface area contributed by atoms with Gasteiger partial charge in [-0.15, -0.1) is 12.6 Å². The fourth-order valence-corrected chi connectivity index (χ4v) is 1.38. The third-order valence-corrected chi connectivity index (χ3v) is 2.52. The van der Waals surface area contributed by atoms with E-state index in [4.69, 9.17) is 4.74 Å². The maximum atomic E-state index is 11.1. The molecular formula is C12H14O2S. The number of carbonyl (C=O) groups is 1. The van der Waals surface area contributed by atoms with Gasteiger partial charge >= 0.3 is 5.97 Å². The van der Waals surface area contributed by atoms with Crippen molar-refractivity contribution < 1.29 is 9.53 Å². The van der Waals surface area contributed by atoms with E-state index in [9.17, 15) is 4.79 Å². The first kappa shape index (κ1) is 11.9. The standard InChI is InChI=1S/C12H14O2S/c1-3-14-12(13)8-7-10-5-4-6-11(15)9(10)2/h4-8,15H,3H2,1-2H3/b8-7+. The second-order valence-electron chi connectivity index (χ2n) is 3.08. The first-order valence-corrected chi connectivity index (χ1v) is 5.23. The van der Waals surface area contributed by atoms with Gasteiger partial charge in [-0.1, -0.05) is 12.1 Å². The van der Waals surface area contributed by atoms with Gasteiger partial charge in [0.1, 0.15) is 0 Å². The zero-order valence-electron chi connectivity index (χ0n) is 8.86. The molecule has 0 aliphatic carbocycles. The van der Waals surface area contributed by atoms with E-state index in [2.05, 4.69) is 12.6 Å². The Bertz CT molecular complexity index is 383. The number of benzene rings is 1.